The Bertz CT molecular complexity index is 853. The number of hydrogen-bond acceptors (Lipinski definition) is 6. The summed E-state index contributed by atoms with van der Waals surface area (Å²) < 4.78 is 1.63. The van der Waals surface area contributed by atoms with Crippen molar-refractivity contribution in [3.05, 3.63) is 54.6 Å². The number of nitrogens with one attached hydrogen (secondary N) is 1. The lowest BCUT2D eigenvalue weighted by Gasteiger charge is -2.13. The van der Waals surface area contributed by atoms with Crippen LogP contribution in [0.4, 0.5) is 5.69 Å². The highest BCUT2D eigenvalue weighted by atomic mass is 32.2. The summed E-state index contributed by atoms with van der Waals surface area (Å²) in [6.07, 6.45) is 1.98. The molecule has 3 rings (SSSR count). The molecule has 1 N–H and O–H groups in total. The van der Waals surface area contributed by atoms with Crippen LogP contribution < -0.4 is 5.32 Å². The van der Waals surface area contributed by atoms with Gasteiger partial charge >= 0.3 is 0 Å². The topological polar surface area (TPSA) is 72.7 Å². The van der Waals surface area contributed by atoms with Crippen LogP contribution in [-0.2, 0) is 4.79 Å². The summed E-state index contributed by atoms with van der Waals surface area (Å²) in [4.78, 5) is 13.6. The molecule has 25 heavy (non-hydrogen) atoms. The summed E-state index contributed by atoms with van der Waals surface area (Å²) in [7, 11) is 0. The molecule has 1 atom stereocenters. The van der Waals surface area contributed by atoms with E-state index in [0.29, 0.717) is 5.16 Å². The van der Waals surface area contributed by atoms with Crippen molar-refractivity contribution < 1.29 is 4.79 Å². The third-order valence-corrected chi connectivity index (χ3v) is 5.29. The zero-order chi connectivity index (χ0) is 17.6. The molecule has 1 heterocycles. The minimum atomic E-state index is -0.344. The van der Waals surface area contributed by atoms with Crippen molar-refractivity contribution in [1.82, 2.24) is 20.2 Å². The minimum absolute atomic E-state index is 0.0888. The molecule has 3 aromatic rings. The Morgan fingerprint density at radius 3 is 2.60 bits per heavy atom. The summed E-state index contributed by atoms with van der Waals surface area (Å²) in [6, 6.07) is 17.3. The number of para-hydroxylation sites is 2. The van der Waals surface area contributed by atoms with Gasteiger partial charge in [0.05, 0.1) is 16.6 Å². The first kappa shape index (κ1) is 17.5. The van der Waals surface area contributed by atoms with Crippen molar-refractivity contribution in [3.63, 3.8) is 0 Å². The van der Waals surface area contributed by atoms with Crippen LogP contribution >= 0.6 is 23.5 Å². The molecule has 0 aliphatic carbocycles. The first-order valence-corrected chi connectivity index (χ1v) is 9.74. The molecule has 0 aliphatic heterocycles. The highest BCUT2D eigenvalue weighted by Crippen LogP contribution is 2.27. The predicted octanol–water partition coefficient (Wildman–Crippen LogP) is 3.50. The van der Waals surface area contributed by atoms with Crippen molar-refractivity contribution in [2.45, 2.75) is 22.2 Å². The van der Waals surface area contributed by atoms with Gasteiger partial charge in [-0.2, -0.15) is 4.68 Å². The van der Waals surface area contributed by atoms with Crippen molar-refractivity contribution in [2.75, 3.05) is 11.6 Å². The number of aromatic nitrogens is 4. The number of thioether (sulfide) groups is 2. The maximum atomic E-state index is 12.5. The van der Waals surface area contributed by atoms with Crippen molar-refractivity contribution >= 4 is 35.1 Å². The van der Waals surface area contributed by atoms with E-state index in [4.69, 9.17) is 0 Å². The average molecular weight is 371 g/mol. The van der Waals surface area contributed by atoms with E-state index >= 15 is 0 Å². The van der Waals surface area contributed by atoms with E-state index in [9.17, 15) is 4.79 Å². The minimum Gasteiger partial charge on any atom is -0.324 e. The number of rotatable bonds is 6. The number of carbonyl (C=O) groups excluding carboxylic acids is 1. The van der Waals surface area contributed by atoms with Gasteiger partial charge in [0, 0.05) is 4.90 Å². The summed E-state index contributed by atoms with van der Waals surface area (Å²) in [5, 5.41) is 15.0. The van der Waals surface area contributed by atoms with Gasteiger partial charge in [-0.3, -0.25) is 4.79 Å². The maximum absolute atomic E-state index is 12.5. The van der Waals surface area contributed by atoms with Crippen LogP contribution in [0.15, 0.2) is 64.6 Å². The quantitative estimate of drug-likeness (QED) is 0.669. The molecule has 8 heteroatoms. The number of nitrogens with zero attached hydrogens (tertiary/aromatic N) is 4. The molecule has 0 spiro atoms. The molecule has 0 saturated heterocycles. The van der Waals surface area contributed by atoms with Gasteiger partial charge in [-0.1, -0.05) is 42.1 Å². The normalized spacial score (nSPS) is 11.9. The van der Waals surface area contributed by atoms with E-state index in [1.807, 2.05) is 67.8 Å². The van der Waals surface area contributed by atoms with Gasteiger partial charge in [0.15, 0.2) is 0 Å². The Hall–Kier alpha value is -2.32. The van der Waals surface area contributed by atoms with E-state index in [-0.39, 0.29) is 11.2 Å². The number of tetrazole rings is 1. The number of amides is 1. The van der Waals surface area contributed by atoms with E-state index in [1.54, 1.807) is 16.4 Å². The number of benzene rings is 2. The molecule has 0 radical (unpaired) electrons. The molecule has 1 aromatic heterocycles. The predicted molar refractivity (Wildman–Crippen MR) is 101 cm³/mol. The zero-order valence-electron chi connectivity index (χ0n) is 13.8. The molecular weight excluding hydrogens is 354 g/mol. The average Bonchev–Trinajstić information content (AvgIpc) is 3.11. The lowest BCUT2D eigenvalue weighted by atomic mass is 10.3. The second-order valence-corrected chi connectivity index (χ2v) is 7.31. The standard InChI is InChI=1S/C17H17N5OS2/c1-12(16(23)18-14-10-6-7-11-15(14)24-2)25-17-19-20-21-22(17)13-8-4-3-5-9-13/h3-12H,1-2H3,(H,18,23). The van der Waals surface area contributed by atoms with Crippen molar-refractivity contribution in [2.24, 2.45) is 0 Å². The van der Waals surface area contributed by atoms with E-state index in [1.165, 1.54) is 11.8 Å². The van der Waals surface area contributed by atoms with Crippen LogP contribution in [0.1, 0.15) is 6.92 Å². The van der Waals surface area contributed by atoms with Crippen LogP contribution in [0.2, 0.25) is 0 Å². The summed E-state index contributed by atoms with van der Waals surface area (Å²) in [6.45, 7) is 1.84. The Kier molecular flexibility index (Phi) is 5.72. The smallest absolute Gasteiger partial charge is 0.237 e. The lowest BCUT2D eigenvalue weighted by Crippen LogP contribution is -2.23. The number of anilines is 1. The van der Waals surface area contributed by atoms with Crippen LogP contribution in [0.5, 0.6) is 0 Å². The molecule has 0 aliphatic rings. The largest absolute Gasteiger partial charge is 0.324 e. The van der Waals surface area contributed by atoms with Gasteiger partial charge in [0.1, 0.15) is 0 Å². The molecule has 1 unspecified atom stereocenters. The molecule has 2 aromatic carbocycles. The van der Waals surface area contributed by atoms with Gasteiger partial charge < -0.3 is 5.32 Å². The Balaban J connectivity index is 1.72. The third-order valence-electron chi connectivity index (χ3n) is 3.46. The van der Waals surface area contributed by atoms with E-state index in [0.717, 1.165) is 16.3 Å². The molecule has 1 amide bonds. The SMILES string of the molecule is CSc1ccccc1NC(=O)C(C)Sc1nnnn1-c1ccccc1. The molecule has 0 bridgehead atoms. The summed E-state index contributed by atoms with van der Waals surface area (Å²) >= 11 is 2.92. The molecular formula is C17H17N5OS2. The van der Waals surface area contributed by atoms with Gasteiger partial charge in [0.2, 0.25) is 11.1 Å². The van der Waals surface area contributed by atoms with Crippen LogP contribution in [0.3, 0.4) is 0 Å². The monoisotopic (exact) mass is 371 g/mol. The maximum Gasteiger partial charge on any atom is 0.237 e. The fraction of sp³-hybridized carbons (Fsp3) is 0.176. The lowest BCUT2D eigenvalue weighted by molar-refractivity contribution is -0.115. The summed E-state index contributed by atoms with van der Waals surface area (Å²) in [5.41, 5.74) is 1.67. The van der Waals surface area contributed by atoms with Gasteiger partial charge in [0.25, 0.3) is 0 Å². The second-order valence-electron chi connectivity index (χ2n) is 5.16. The molecule has 128 valence electrons. The highest BCUT2D eigenvalue weighted by molar-refractivity contribution is 8.00. The van der Waals surface area contributed by atoms with Gasteiger partial charge in [-0.05, 0) is 47.9 Å². The fourth-order valence-corrected chi connectivity index (χ4v) is 3.54. The van der Waals surface area contributed by atoms with Gasteiger partial charge in [-0.15, -0.1) is 16.9 Å². The van der Waals surface area contributed by atoms with E-state index < -0.39 is 0 Å². The Morgan fingerprint density at radius 1 is 1.12 bits per heavy atom. The Labute approximate surface area is 154 Å². The number of hydrogen-bond donors (Lipinski definition) is 1. The highest BCUT2D eigenvalue weighted by Gasteiger charge is 2.20. The zero-order valence-corrected chi connectivity index (χ0v) is 15.4. The molecule has 0 fully saturated rings. The second kappa shape index (κ2) is 8.17. The molecule has 6 nitrogen and oxygen atoms in total. The van der Waals surface area contributed by atoms with Crippen LogP contribution in [-0.4, -0.2) is 37.6 Å². The third kappa shape index (κ3) is 4.21. The first-order chi connectivity index (χ1) is 12.2. The first-order valence-electron chi connectivity index (χ1n) is 7.63. The number of carbonyl (C=O) groups is 1. The summed E-state index contributed by atoms with van der Waals surface area (Å²) in [5.74, 6) is -0.0888. The van der Waals surface area contributed by atoms with Crippen molar-refractivity contribution in [3.8, 4) is 5.69 Å². The van der Waals surface area contributed by atoms with E-state index in [2.05, 4.69) is 20.8 Å². The van der Waals surface area contributed by atoms with Gasteiger partial charge in [-0.25, -0.2) is 0 Å². The van der Waals surface area contributed by atoms with Crippen LogP contribution in [0.25, 0.3) is 5.69 Å². The molecule has 0 saturated carbocycles. The Morgan fingerprint density at radius 2 is 1.84 bits per heavy atom. The van der Waals surface area contributed by atoms with Crippen LogP contribution in [0, 0.1) is 0 Å². The van der Waals surface area contributed by atoms with Crippen molar-refractivity contribution in [1.29, 1.82) is 0 Å². The fourth-order valence-electron chi connectivity index (χ4n) is 2.18.